The number of amides is 1. The van der Waals surface area contributed by atoms with Crippen molar-refractivity contribution in [1.82, 2.24) is 20.3 Å². The summed E-state index contributed by atoms with van der Waals surface area (Å²) in [6.07, 6.45) is 5.58. The van der Waals surface area contributed by atoms with Gasteiger partial charge in [-0.2, -0.15) is 0 Å². The molecule has 0 spiro atoms. The molecule has 1 fully saturated rings. The SMILES string of the molecule is Cc1cccc(-c2ncc(C(=O)NCc3ccccn3)c(N3CCCC3)n2)c1. The maximum Gasteiger partial charge on any atom is 0.256 e. The molecule has 0 unspecified atom stereocenters. The summed E-state index contributed by atoms with van der Waals surface area (Å²) in [6, 6.07) is 13.7. The van der Waals surface area contributed by atoms with Gasteiger partial charge < -0.3 is 10.2 Å². The summed E-state index contributed by atoms with van der Waals surface area (Å²) in [6.45, 7) is 4.23. The molecule has 1 N–H and O–H groups in total. The van der Waals surface area contributed by atoms with E-state index in [2.05, 4.69) is 26.3 Å². The van der Waals surface area contributed by atoms with Crippen molar-refractivity contribution >= 4 is 11.7 Å². The number of rotatable bonds is 5. The molecular weight excluding hydrogens is 350 g/mol. The summed E-state index contributed by atoms with van der Waals surface area (Å²) < 4.78 is 0. The van der Waals surface area contributed by atoms with E-state index in [0.717, 1.165) is 42.8 Å². The van der Waals surface area contributed by atoms with Crippen LogP contribution in [0.5, 0.6) is 0 Å². The zero-order valence-electron chi connectivity index (χ0n) is 15.9. The minimum absolute atomic E-state index is 0.177. The number of anilines is 1. The number of nitrogens with zero attached hydrogens (tertiary/aromatic N) is 4. The van der Waals surface area contributed by atoms with Crippen LogP contribution in [0, 0.1) is 6.92 Å². The maximum atomic E-state index is 12.9. The first-order valence-corrected chi connectivity index (χ1v) is 9.58. The van der Waals surface area contributed by atoms with E-state index in [4.69, 9.17) is 4.98 Å². The van der Waals surface area contributed by atoms with Crippen molar-refractivity contribution < 1.29 is 4.79 Å². The molecule has 6 heteroatoms. The Morgan fingerprint density at radius 1 is 1.11 bits per heavy atom. The monoisotopic (exact) mass is 373 g/mol. The first-order valence-electron chi connectivity index (χ1n) is 9.58. The lowest BCUT2D eigenvalue weighted by molar-refractivity contribution is 0.0950. The van der Waals surface area contributed by atoms with Gasteiger partial charge in [0.1, 0.15) is 11.4 Å². The summed E-state index contributed by atoms with van der Waals surface area (Å²) in [4.78, 5) is 28.5. The molecule has 1 aliphatic heterocycles. The van der Waals surface area contributed by atoms with Crippen LogP contribution in [0.25, 0.3) is 11.4 Å². The van der Waals surface area contributed by atoms with Crippen molar-refractivity contribution in [3.63, 3.8) is 0 Å². The fraction of sp³-hybridized carbons (Fsp3) is 0.273. The second kappa shape index (κ2) is 8.17. The van der Waals surface area contributed by atoms with Gasteiger partial charge in [-0.15, -0.1) is 0 Å². The van der Waals surface area contributed by atoms with E-state index < -0.39 is 0 Å². The Hall–Kier alpha value is -3.28. The zero-order valence-corrected chi connectivity index (χ0v) is 15.9. The molecular formula is C22H23N5O. The van der Waals surface area contributed by atoms with Crippen molar-refractivity contribution in [3.8, 4) is 11.4 Å². The van der Waals surface area contributed by atoms with Gasteiger partial charge in [0.15, 0.2) is 5.82 Å². The van der Waals surface area contributed by atoms with Gasteiger partial charge in [0.05, 0.1) is 12.2 Å². The molecule has 3 heterocycles. The van der Waals surface area contributed by atoms with Gasteiger partial charge in [-0.05, 0) is 38.0 Å². The Balaban J connectivity index is 1.63. The summed E-state index contributed by atoms with van der Waals surface area (Å²) in [5.74, 6) is 1.18. The second-order valence-corrected chi connectivity index (χ2v) is 7.00. The highest BCUT2D eigenvalue weighted by molar-refractivity contribution is 5.98. The average molecular weight is 373 g/mol. The van der Waals surface area contributed by atoms with E-state index >= 15 is 0 Å². The van der Waals surface area contributed by atoms with Gasteiger partial charge in [-0.1, -0.05) is 29.8 Å². The van der Waals surface area contributed by atoms with Crippen molar-refractivity contribution in [3.05, 3.63) is 71.7 Å². The molecule has 1 amide bonds. The Kier molecular flexibility index (Phi) is 5.28. The summed E-state index contributed by atoms with van der Waals surface area (Å²) in [7, 11) is 0. The van der Waals surface area contributed by atoms with Crippen LogP contribution in [-0.2, 0) is 6.54 Å². The fourth-order valence-corrected chi connectivity index (χ4v) is 3.39. The van der Waals surface area contributed by atoms with E-state index in [1.165, 1.54) is 0 Å². The van der Waals surface area contributed by atoms with Gasteiger partial charge in [0.2, 0.25) is 0 Å². The lowest BCUT2D eigenvalue weighted by Gasteiger charge is -2.20. The normalized spacial score (nSPS) is 13.5. The van der Waals surface area contributed by atoms with E-state index in [9.17, 15) is 4.79 Å². The molecule has 0 saturated carbocycles. The molecule has 28 heavy (non-hydrogen) atoms. The maximum absolute atomic E-state index is 12.9. The van der Waals surface area contributed by atoms with E-state index in [-0.39, 0.29) is 5.91 Å². The van der Waals surface area contributed by atoms with Crippen LogP contribution in [0.1, 0.15) is 34.5 Å². The number of aryl methyl sites for hydroxylation is 1. The number of aromatic nitrogens is 3. The van der Waals surface area contributed by atoms with Crippen LogP contribution in [0.15, 0.2) is 54.9 Å². The highest BCUT2D eigenvalue weighted by atomic mass is 16.1. The van der Waals surface area contributed by atoms with Crippen LogP contribution in [0.2, 0.25) is 0 Å². The summed E-state index contributed by atoms with van der Waals surface area (Å²) in [5, 5.41) is 2.94. The van der Waals surface area contributed by atoms with E-state index in [0.29, 0.717) is 23.8 Å². The lowest BCUT2D eigenvalue weighted by Crippen LogP contribution is -2.28. The van der Waals surface area contributed by atoms with Gasteiger partial charge >= 0.3 is 0 Å². The minimum atomic E-state index is -0.177. The predicted molar refractivity (Wildman–Crippen MR) is 109 cm³/mol. The first-order chi connectivity index (χ1) is 13.7. The molecule has 0 atom stereocenters. The number of carbonyl (C=O) groups excluding carboxylic acids is 1. The summed E-state index contributed by atoms with van der Waals surface area (Å²) >= 11 is 0. The zero-order chi connectivity index (χ0) is 19.3. The second-order valence-electron chi connectivity index (χ2n) is 7.00. The number of hydrogen-bond acceptors (Lipinski definition) is 5. The number of nitrogens with one attached hydrogen (secondary N) is 1. The molecule has 142 valence electrons. The molecule has 1 aliphatic rings. The van der Waals surface area contributed by atoms with Crippen LogP contribution in [0.4, 0.5) is 5.82 Å². The minimum Gasteiger partial charge on any atom is -0.356 e. The third-order valence-corrected chi connectivity index (χ3v) is 4.85. The molecule has 2 aromatic heterocycles. The Labute approximate surface area is 164 Å². The van der Waals surface area contributed by atoms with E-state index in [1.807, 2.05) is 43.3 Å². The quantitative estimate of drug-likeness (QED) is 0.742. The number of hydrogen-bond donors (Lipinski definition) is 1. The standard InChI is InChI=1S/C22H23N5O/c1-16-7-6-8-17(13-16)20-24-15-19(21(26-20)27-11-4-5-12-27)22(28)25-14-18-9-2-3-10-23-18/h2-3,6-10,13,15H,4-5,11-12,14H2,1H3,(H,25,28). The molecule has 6 nitrogen and oxygen atoms in total. The molecule has 1 saturated heterocycles. The van der Waals surface area contributed by atoms with Gasteiger partial charge in [0, 0.05) is 31.0 Å². The highest BCUT2D eigenvalue weighted by Gasteiger charge is 2.22. The third kappa shape index (κ3) is 4.01. The van der Waals surface area contributed by atoms with Gasteiger partial charge in [-0.3, -0.25) is 9.78 Å². The third-order valence-electron chi connectivity index (χ3n) is 4.85. The smallest absolute Gasteiger partial charge is 0.256 e. The highest BCUT2D eigenvalue weighted by Crippen LogP contribution is 2.26. The largest absolute Gasteiger partial charge is 0.356 e. The molecule has 4 rings (SSSR count). The molecule has 1 aromatic carbocycles. The Morgan fingerprint density at radius 2 is 1.96 bits per heavy atom. The molecule has 3 aromatic rings. The molecule has 0 bridgehead atoms. The van der Waals surface area contributed by atoms with Crippen molar-refractivity contribution in [2.24, 2.45) is 0 Å². The van der Waals surface area contributed by atoms with Gasteiger partial charge in [0.25, 0.3) is 5.91 Å². The number of benzene rings is 1. The van der Waals surface area contributed by atoms with Crippen LogP contribution in [-0.4, -0.2) is 33.9 Å². The summed E-state index contributed by atoms with van der Waals surface area (Å²) in [5.41, 5.74) is 3.44. The Morgan fingerprint density at radius 3 is 2.71 bits per heavy atom. The van der Waals surface area contributed by atoms with Crippen LogP contribution >= 0.6 is 0 Å². The van der Waals surface area contributed by atoms with Gasteiger partial charge in [-0.25, -0.2) is 9.97 Å². The van der Waals surface area contributed by atoms with Crippen molar-refractivity contribution in [2.75, 3.05) is 18.0 Å². The molecule has 0 aliphatic carbocycles. The number of pyridine rings is 1. The van der Waals surface area contributed by atoms with Crippen LogP contribution in [0.3, 0.4) is 0 Å². The van der Waals surface area contributed by atoms with Crippen molar-refractivity contribution in [2.45, 2.75) is 26.3 Å². The Bertz CT molecular complexity index is 968. The van der Waals surface area contributed by atoms with Crippen molar-refractivity contribution in [1.29, 1.82) is 0 Å². The predicted octanol–water partition coefficient (Wildman–Crippen LogP) is 3.38. The fourth-order valence-electron chi connectivity index (χ4n) is 3.39. The molecule has 0 radical (unpaired) electrons. The average Bonchev–Trinajstić information content (AvgIpc) is 3.27. The van der Waals surface area contributed by atoms with Crippen LogP contribution < -0.4 is 10.2 Å². The lowest BCUT2D eigenvalue weighted by atomic mass is 10.1. The van der Waals surface area contributed by atoms with E-state index in [1.54, 1.807) is 12.4 Å². The topological polar surface area (TPSA) is 71.0 Å². The first kappa shape index (κ1) is 18.1. The number of carbonyl (C=O) groups is 1.